The van der Waals surface area contributed by atoms with Gasteiger partial charge in [-0.1, -0.05) is 42.5 Å². The zero-order valence-electron chi connectivity index (χ0n) is 13.5. The molecule has 0 N–H and O–H groups in total. The van der Waals surface area contributed by atoms with Crippen LogP contribution >= 0.6 is 0 Å². The highest BCUT2D eigenvalue weighted by molar-refractivity contribution is 5.80. The van der Waals surface area contributed by atoms with E-state index in [0.29, 0.717) is 0 Å². The SMILES string of the molecule is COc1cccc(C=CCN(C)Cc2coc3ccccc23)c1. The van der Waals surface area contributed by atoms with Gasteiger partial charge >= 0.3 is 0 Å². The van der Waals surface area contributed by atoms with Crippen LogP contribution in [-0.4, -0.2) is 25.6 Å². The Labute approximate surface area is 136 Å². The minimum absolute atomic E-state index is 0.861. The van der Waals surface area contributed by atoms with Gasteiger partial charge in [0, 0.05) is 24.0 Å². The summed E-state index contributed by atoms with van der Waals surface area (Å²) in [5.41, 5.74) is 3.31. The van der Waals surface area contributed by atoms with E-state index in [9.17, 15) is 0 Å². The van der Waals surface area contributed by atoms with Crippen LogP contribution in [0.2, 0.25) is 0 Å². The summed E-state index contributed by atoms with van der Waals surface area (Å²) >= 11 is 0. The Morgan fingerprint density at radius 1 is 1.13 bits per heavy atom. The van der Waals surface area contributed by atoms with E-state index in [0.717, 1.165) is 30.0 Å². The first-order valence-electron chi connectivity index (χ1n) is 7.70. The number of hydrogen-bond donors (Lipinski definition) is 0. The summed E-state index contributed by atoms with van der Waals surface area (Å²) in [5.74, 6) is 0.880. The number of ether oxygens (including phenoxy) is 1. The normalized spacial score (nSPS) is 11.6. The van der Waals surface area contributed by atoms with E-state index in [-0.39, 0.29) is 0 Å². The van der Waals surface area contributed by atoms with Crippen LogP contribution in [0.1, 0.15) is 11.1 Å². The maximum Gasteiger partial charge on any atom is 0.134 e. The number of fused-ring (bicyclic) bond motifs is 1. The van der Waals surface area contributed by atoms with Crippen LogP contribution in [0.15, 0.2) is 65.3 Å². The highest BCUT2D eigenvalue weighted by Crippen LogP contribution is 2.21. The number of furan rings is 1. The van der Waals surface area contributed by atoms with Gasteiger partial charge in [-0.3, -0.25) is 4.90 Å². The zero-order valence-corrected chi connectivity index (χ0v) is 13.5. The maximum atomic E-state index is 5.59. The first kappa shape index (κ1) is 15.4. The molecule has 0 radical (unpaired) electrons. The number of nitrogens with zero attached hydrogens (tertiary/aromatic N) is 1. The third-order valence-corrected chi connectivity index (χ3v) is 3.82. The first-order valence-corrected chi connectivity index (χ1v) is 7.70. The minimum atomic E-state index is 0.861. The van der Waals surface area contributed by atoms with Gasteiger partial charge in [0.05, 0.1) is 13.4 Å². The molecule has 0 aliphatic heterocycles. The fourth-order valence-electron chi connectivity index (χ4n) is 2.62. The van der Waals surface area contributed by atoms with Crippen LogP contribution in [0.3, 0.4) is 0 Å². The summed E-state index contributed by atoms with van der Waals surface area (Å²) in [4.78, 5) is 2.26. The molecule has 0 atom stereocenters. The molecule has 0 bridgehead atoms. The Morgan fingerprint density at radius 2 is 2.00 bits per heavy atom. The summed E-state index contributed by atoms with van der Waals surface area (Å²) in [6.07, 6.45) is 6.14. The van der Waals surface area contributed by atoms with Crippen LogP contribution in [0, 0.1) is 0 Å². The molecule has 0 aliphatic rings. The van der Waals surface area contributed by atoms with Crippen molar-refractivity contribution in [2.45, 2.75) is 6.54 Å². The summed E-state index contributed by atoms with van der Waals surface area (Å²) in [6.45, 7) is 1.73. The van der Waals surface area contributed by atoms with Crippen molar-refractivity contribution in [3.8, 4) is 5.75 Å². The molecule has 3 heteroatoms. The van der Waals surface area contributed by atoms with Gasteiger partial charge in [-0.05, 0) is 30.8 Å². The lowest BCUT2D eigenvalue weighted by Gasteiger charge is -2.13. The number of likely N-dealkylation sites (N-methyl/N-ethyl adjacent to an activating group) is 1. The highest BCUT2D eigenvalue weighted by atomic mass is 16.5. The second-order valence-corrected chi connectivity index (χ2v) is 5.63. The summed E-state index contributed by atoms with van der Waals surface area (Å²) in [7, 11) is 3.80. The van der Waals surface area contributed by atoms with Crippen LogP contribution in [0.4, 0.5) is 0 Å². The monoisotopic (exact) mass is 307 g/mol. The molecule has 1 aromatic heterocycles. The Bertz CT molecular complexity index is 804. The van der Waals surface area contributed by atoms with Gasteiger partial charge in [-0.15, -0.1) is 0 Å². The van der Waals surface area contributed by atoms with Gasteiger partial charge in [-0.2, -0.15) is 0 Å². The lowest BCUT2D eigenvalue weighted by molar-refractivity contribution is 0.363. The van der Waals surface area contributed by atoms with Crippen LogP contribution < -0.4 is 4.74 Å². The van der Waals surface area contributed by atoms with Gasteiger partial charge in [-0.25, -0.2) is 0 Å². The quantitative estimate of drug-likeness (QED) is 0.666. The average Bonchev–Trinajstić information content (AvgIpc) is 2.98. The first-order chi connectivity index (χ1) is 11.3. The summed E-state index contributed by atoms with van der Waals surface area (Å²) in [6, 6.07) is 16.2. The lowest BCUT2D eigenvalue weighted by Crippen LogP contribution is -2.17. The van der Waals surface area contributed by atoms with E-state index < -0.39 is 0 Å². The van der Waals surface area contributed by atoms with Crippen molar-refractivity contribution in [1.82, 2.24) is 4.90 Å². The van der Waals surface area contributed by atoms with Gasteiger partial charge in [0.25, 0.3) is 0 Å². The minimum Gasteiger partial charge on any atom is -0.497 e. The summed E-state index contributed by atoms with van der Waals surface area (Å²) < 4.78 is 10.8. The maximum absolute atomic E-state index is 5.59. The Balaban J connectivity index is 1.61. The second-order valence-electron chi connectivity index (χ2n) is 5.63. The predicted molar refractivity (Wildman–Crippen MR) is 94.6 cm³/mol. The third-order valence-electron chi connectivity index (χ3n) is 3.82. The molecular formula is C20H21NO2. The fraction of sp³-hybridized carbons (Fsp3) is 0.200. The van der Waals surface area contributed by atoms with Crippen molar-refractivity contribution < 1.29 is 9.15 Å². The van der Waals surface area contributed by atoms with Gasteiger partial charge in [0.1, 0.15) is 11.3 Å². The third kappa shape index (κ3) is 3.82. The molecule has 0 unspecified atom stereocenters. The lowest BCUT2D eigenvalue weighted by atomic mass is 10.1. The van der Waals surface area contributed by atoms with E-state index in [1.54, 1.807) is 7.11 Å². The standard InChI is InChI=1S/C20H21NO2/c1-21(12-6-8-16-7-5-9-18(13-16)22-2)14-17-15-23-20-11-4-3-10-19(17)20/h3-11,13,15H,12,14H2,1-2H3. The van der Waals surface area contributed by atoms with E-state index in [1.165, 1.54) is 10.9 Å². The molecule has 23 heavy (non-hydrogen) atoms. The largest absolute Gasteiger partial charge is 0.497 e. The Kier molecular flexibility index (Phi) is 4.79. The molecule has 0 aliphatic carbocycles. The van der Waals surface area contributed by atoms with E-state index in [4.69, 9.17) is 9.15 Å². The molecule has 2 aromatic carbocycles. The highest BCUT2D eigenvalue weighted by Gasteiger charge is 2.06. The molecule has 118 valence electrons. The van der Waals surface area contributed by atoms with Crippen molar-refractivity contribution in [3.05, 3.63) is 72.0 Å². The van der Waals surface area contributed by atoms with Gasteiger partial charge in [0.15, 0.2) is 0 Å². The number of para-hydroxylation sites is 1. The molecule has 0 fully saturated rings. The molecule has 0 spiro atoms. The van der Waals surface area contributed by atoms with E-state index in [2.05, 4.69) is 36.2 Å². The molecule has 0 saturated carbocycles. The number of methoxy groups -OCH3 is 1. The van der Waals surface area contributed by atoms with E-state index in [1.807, 2.05) is 42.7 Å². The van der Waals surface area contributed by atoms with Crippen molar-refractivity contribution in [2.24, 2.45) is 0 Å². The Hall–Kier alpha value is -2.52. The summed E-state index contributed by atoms with van der Waals surface area (Å²) in [5, 5.41) is 1.19. The number of rotatable bonds is 6. The smallest absolute Gasteiger partial charge is 0.134 e. The van der Waals surface area contributed by atoms with Crippen molar-refractivity contribution >= 4 is 17.0 Å². The number of benzene rings is 2. The molecule has 3 aromatic rings. The van der Waals surface area contributed by atoms with Crippen molar-refractivity contribution in [2.75, 3.05) is 20.7 Å². The molecule has 3 nitrogen and oxygen atoms in total. The second kappa shape index (κ2) is 7.16. The molecule has 0 amide bonds. The fourth-order valence-corrected chi connectivity index (χ4v) is 2.62. The average molecular weight is 307 g/mol. The molecule has 0 saturated heterocycles. The topological polar surface area (TPSA) is 25.6 Å². The number of hydrogen-bond acceptors (Lipinski definition) is 3. The van der Waals surface area contributed by atoms with Crippen molar-refractivity contribution in [1.29, 1.82) is 0 Å². The predicted octanol–water partition coefficient (Wildman–Crippen LogP) is 4.59. The Morgan fingerprint density at radius 3 is 2.87 bits per heavy atom. The van der Waals surface area contributed by atoms with Gasteiger partial charge < -0.3 is 9.15 Å². The zero-order chi connectivity index (χ0) is 16.1. The molecule has 1 heterocycles. The molecule has 3 rings (SSSR count). The van der Waals surface area contributed by atoms with Crippen LogP contribution in [0.5, 0.6) is 5.75 Å². The molecular weight excluding hydrogens is 286 g/mol. The van der Waals surface area contributed by atoms with Crippen LogP contribution in [-0.2, 0) is 6.54 Å². The van der Waals surface area contributed by atoms with Gasteiger partial charge in [0.2, 0.25) is 0 Å². The van der Waals surface area contributed by atoms with Crippen molar-refractivity contribution in [3.63, 3.8) is 0 Å². The van der Waals surface area contributed by atoms with Crippen LogP contribution in [0.25, 0.3) is 17.0 Å². The van der Waals surface area contributed by atoms with E-state index >= 15 is 0 Å².